The second-order valence-electron chi connectivity index (χ2n) is 5.61. The van der Waals surface area contributed by atoms with Crippen LogP contribution in [0.1, 0.15) is 36.5 Å². The van der Waals surface area contributed by atoms with Crippen LogP contribution < -0.4 is 10.6 Å². The Hall–Kier alpha value is -1.56. The highest BCUT2D eigenvalue weighted by molar-refractivity contribution is 9.10. The van der Waals surface area contributed by atoms with Crippen molar-refractivity contribution in [2.24, 2.45) is 11.8 Å². The molecule has 2 rings (SSSR count). The largest absolute Gasteiger partial charge is 0.478 e. The Morgan fingerprint density at radius 3 is 2.76 bits per heavy atom. The maximum absolute atomic E-state index is 11.9. The fourth-order valence-corrected chi connectivity index (χ4v) is 3.08. The Morgan fingerprint density at radius 1 is 1.38 bits per heavy atom. The number of hydrogen-bond donors (Lipinski definition) is 3. The van der Waals surface area contributed by atoms with Crippen molar-refractivity contribution in [1.82, 2.24) is 5.32 Å². The molecule has 0 radical (unpaired) electrons. The van der Waals surface area contributed by atoms with Gasteiger partial charge in [-0.05, 0) is 42.9 Å². The summed E-state index contributed by atoms with van der Waals surface area (Å²) < 4.78 is 0.715. The van der Waals surface area contributed by atoms with Gasteiger partial charge in [0.15, 0.2) is 0 Å². The monoisotopic (exact) mass is 354 g/mol. The molecule has 0 heterocycles. The van der Waals surface area contributed by atoms with Crippen molar-refractivity contribution in [3.63, 3.8) is 0 Å². The third-order valence-electron chi connectivity index (χ3n) is 3.81. The van der Waals surface area contributed by atoms with E-state index >= 15 is 0 Å². The Kier molecular flexibility index (Phi) is 5.22. The normalized spacial score (nSPS) is 21.0. The fraction of sp³-hybridized carbons (Fsp3) is 0.467. The summed E-state index contributed by atoms with van der Waals surface area (Å²) in [4.78, 5) is 23.0. The van der Waals surface area contributed by atoms with E-state index in [1.807, 2.05) is 0 Å². The SMILES string of the molecule is CC1CCC(CNC(=O)Nc2cc(Br)ccc2C(=O)O)C1. The van der Waals surface area contributed by atoms with Gasteiger partial charge in [-0.2, -0.15) is 0 Å². The van der Waals surface area contributed by atoms with Crippen LogP contribution in [0, 0.1) is 11.8 Å². The first kappa shape index (κ1) is 15.8. The van der Waals surface area contributed by atoms with Crippen LogP contribution in [0.3, 0.4) is 0 Å². The molecule has 114 valence electrons. The molecule has 21 heavy (non-hydrogen) atoms. The number of carbonyl (C=O) groups excluding carboxylic acids is 1. The third-order valence-corrected chi connectivity index (χ3v) is 4.31. The zero-order valence-electron chi connectivity index (χ0n) is 11.9. The van der Waals surface area contributed by atoms with E-state index in [0.717, 1.165) is 18.8 Å². The molecule has 2 amide bonds. The van der Waals surface area contributed by atoms with E-state index in [1.165, 1.54) is 12.5 Å². The molecule has 1 aromatic carbocycles. The van der Waals surface area contributed by atoms with Crippen molar-refractivity contribution in [2.45, 2.75) is 26.2 Å². The van der Waals surface area contributed by atoms with Crippen LogP contribution in [0.25, 0.3) is 0 Å². The molecule has 5 nitrogen and oxygen atoms in total. The minimum Gasteiger partial charge on any atom is -0.478 e. The Morgan fingerprint density at radius 2 is 2.14 bits per heavy atom. The fourth-order valence-electron chi connectivity index (χ4n) is 2.72. The minimum atomic E-state index is -1.07. The summed E-state index contributed by atoms with van der Waals surface area (Å²) in [6, 6.07) is 4.31. The van der Waals surface area contributed by atoms with Crippen LogP contribution in [0.4, 0.5) is 10.5 Å². The predicted octanol–water partition coefficient (Wildman–Crippen LogP) is 3.71. The van der Waals surface area contributed by atoms with Crippen LogP contribution in [-0.2, 0) is 0 Å². The average Bonchev–Trinajstić information content (AvgIpc) is 2.82. The van der Waals surface area contributed by atoms with Gasteiger partial charge in [0.25, 0.3) is 0 Å². The summed E-state index contributed by atoms with van der Waals surface area (Å²) in [6.45, 7) is 2.85. The molecule has 3 N–H and O–H groups in total. The Bertz CT molecular complexity index is 548. The second kappa shape index (κ2) is 6.93. The van der Waals surface area contributed by atoms with Gasteiger partial charge in [0.2, 0.25) is 0 Å². The van der Waals surface area contributed by atoms with E-state index < -0.39 is 5.97 Å². The molecule has 2 unspecified atom stereocenters. The second-order valence-corrected chi connectivity index (χ2v) is 6.53. The number of anilines is 1. The first-order valence-corrected chi connectivity index (χ1v) is 7.82. The van der Waals surface area contributed by atoms with Crippen molar-refractivity contribution < 1.29 is 14.7 Å². The lowest BCUT2D eigenvalue weighted by Gasteiger charge is -2.13. The quantitative estimate of drug-likeness (QED) is 0.771. The van der Waals surface area contributed by atoms with Crippen molar-refractivity contribution >= 4 is 33.6 Å². The van der Waals surface area contributed by atoms with Gasteiger partial charge in [0, 0.05) is 11.0 Å². The summed E-state index contributed by atoms with van der Waals surface area (Å²) in [7, 11) is 0. The number of hydrogen-bond acceptors (Lipinski definition) is 2. The highest BCUT2D eigenvalue weighted by atomic mass is 79.9. The van der Waals surface area contributed by atoms with E-state index in [4.69, 9.17) is 5.11 Å². The van der Waals surface area contributed by atoms with Crippen molar-refractivity contribution in [3.8, 4) is 0 Å². The molecular weight excluding hydrogens is 336 g/mol. The number of rotatable bonds is 4. The van der Waals surface area contributed by atoms with Crippen molar-refractivity contribution in [3.05, 3.63) is 28.2 Å². The number of urea groups is 1. The molecule has 0 aromatic heterocycles. The topological polar surface area (TPSA) is 78.4 Å². The molecule has 1 fully saturated rings. The lowest BCUT2D eigenvalue weighted by Crippen LogP contribution is -2.33. The van der Waals surface area contributed by atoms with E-state index in [9.17, 15) is 9.59 Å². The smallest absolute Gasteiger partial charge is 0.337 e. The number of amides is 2. The van der Waals surface area contributed by atoms with Crippen molar-refractivity contribution in [2.75, 3.05) is 11.9 Å². The summed E-state index contributed by atoms with van der Waals surface area (Å²) in [6.07, 6.45) is 3.49. The molecule has 0 bridgehead atoms. The number of carboxylic acids is 1. The molecular formula is C15H19BrN2O3. The first-order chi connectivity index (χ1) is 9.95. The number of carbonyl (C=O) groups is 2. The minimum absolute atomic E-state index is 0.0721. The molecule has 2 atom stereocenters. The maximum Gasteiger partial charge on any atom is 0.337 e. The molecule has 1 saturated carbocycles. The van der Waals surface area contributed by atoms with Crippen LogP contribution >= 0.6 is 15.9 Å². The Labute approximate surface area is 132 Å². The zero-order chi connectivity index (χ0) is 15.4. The van der Waals surface area contributed by atoms with Crippen molar-refractivity contribution in [1.29, 1.82) is 0 Å². The summed E-state index contributed by atoms with van der Waals surface area (Å²) in [5.41, 5.74) is 0.358. The number of halogens is 1. The highest BCUT2D eigenvalue weighted by Gasteiger charge is 2.21. The Balaban J connectivity index is 1.93. The van der Waals surface area contributed by atoms with Gasteiger partial charge in [-0.3, -0.25) is 0 Å². The average molecular weight is 355 g/mol. The molecule has 1 aliphatic rings. The summed E-state index contributed by atoms with van der Waals surface area (Å²) in [5, 5.41) is 14.5. The molecule has 6 heteroatoms. The van der Waals surface area contributed by atoms with E-state index in [-0.39, 0.29) is 17.3 Å². The van der Waals surface area contributed by atoms with Crippen LogP contribution in [-0.4, -0.2) is 23.7 Å². The summed E-state index contributed by atoms with van der Waals surface area (Å²) >= 11 is 3.27. The van der Waals surface area contributed by atoms with Gasteiger partial charge in [-0.15, -0.1) is 0 Å². The number of aromatic carboxylic acids is 1. The van der Waals surface area contributed by atoms with E-state index in [1.54, 1.807) is 12.1 Å². The van der Waals surface area contributed by atoms with Gasteiger partial charge in [-0.1, -0.05) is 29.3 Å². The zero-order valence-corrected chi connectivity index (χ0v) is 13.4. The first-order valence-electron chi connectivity index (χ1n) is 7.03. The van der Waals surface area contributed by atoms with E-state index in [2.05, 4.69) is 33.5 Å². The molecule has 0 aliphatic heterocycles. The maximum atomic E-state index is 11.9. The van der Waals surface area contributed by atoms with Gasteiger partial charge in [-0.25, -0.2) is 9.59 Å². The number of benzene rings is 1. The molecule has 1 aliphatic carbocycles. The van der Waals surface area contributed by atoms with Gasteiger partial charge < -0.3 is 15.7 Å². The lowest BCUT2D eigenvalue weighted by atomic mass is 10.1. The standard InChI is InChI=1S/C15H19BrN2O3/c1-9-2-3-10(6-9)8-17-15(21)18-13-7-11(16)4-5-12(13)14(19)20/h4-5,7,9-10H,2-3,6,8H2,1H3,(H,19,20)(H2,17,18,21). The highest BCUT2D eigenvalue weighted by Crippen LogP contribution is 2.29. The van der Waals surface area contributed by atoms with Crippen LogP contribution in [0.15, 0.2) is 22.7 Å². The third kappa shape index (κ3) is 4.46. The molecule has 1 aromatic rings. The molecule has 0 spiro atoms. The van der Waals surface area contributed by atoms with Gasteiger partial charge in [0.1, 0.15) is 0 Å². The number of nitrogens with one attached hydrogen (secondary N) is 2. The van der Waals surface area contributed by atoms with Crippen LogP contribution in [0.2, 0.25) is 0 Å². The van der Waals surface area contributed by atoms with E-state index in [0.29, 0.717) is 16.9 Å². The predicted molar refractivity (Wildman–Crippen MR) is 84.6 cm³/mol. The van der Waals surface area contributed by atoms with Crippen LogP contribution in [0.5, 0.6) is 0 Å². The molecule has 0 saturated heterocycles. The van der Waals surface area contributed by atoms with Gasteiger partial charge in [0.05, 0.1) is 11.3 Å². The summed E-state index contributed by atoms with van der Waals surface area (Å²) in [5.74, 6) is 0.179. The van der Waals surface area contributed by atoms with Gasteiger partial charge >= 0.3 is 12.0 Å². The lowest BCUT2D eigenvalue weighted by molar-refractivity contribution is 0.0698. The number of carboxylic acid groups (broad SMARTS) is 1.